The van der Waals surface area contributed by atoms with Crippen molar-refractivity contribution < 1.29 is 18.9 Å². The summed E-state index contributed by atoms with van der Waals surface area (Å²) < 4.78 is 7.35. The van der Waals surface area contributed by atoms with Crippen LogP contribution >= 0.6 is 0 Å². The van der Waals surface area contributed by atoms with Crippen molar-refractivity contribution in [1.29, 1.82) is 0 Å². The molecule has 0 aromatic rings. The van der Waals surface area contributed by atoms with Crippen molar-refractivity contribution in [3.63, 3.8) is 0 Å². The first-order valence-electron chi connectivity index (χ1n) is 7.61. The fraction of sp³-hybridized carbons (Fsp3) is 0.714. The maximum Gasteiger partial charge on any atom is 0.333 e. The van der Waals surface area contributed by atoms with Gasteiger partial charge in [0.15, 0.2) is 0 Å². The van der Waals surface area contributed by atoms with E-state index in [9.17, 15) is 9.59 Å². The van der Waals surface area contributed by atoms with Crippen LogP contribution in [-0.2, 0) is 9.53 Å². The molecule has 2 fully saturated rings. The van der Waals surface area contributed by atoms with E-state index in [1.807, 2.05) is 11.5 Å². The number of hydrogen-bond acceptors (Lipinski definition) is 5. The normalized spacial score (nSPS) is 26.7. The lowest BCUT2D eigenvalue weighted by atomic mass is 10.1. The molecule has 0 aromatic heterocycles. The molecule has 0 saturated carbocycles. The number of rotatable bonds is 3. The van der Waals surface area contributed by atoms with Crippen LogP contribution in [0, 0.1) is 0 Å². The molecule has 2 saturated heterocycles. The van der Waals surface area contributed by atoms with Crippen LogP contribution < -0.4 is 0 Å². The summed E-state index contributed by atoms with van der Waals surface area (Å²) in [6.07, 6.45) is 0. The minimum Gasteiger partial charge on any atom is -0.379 e. The number of amidine groups is 2. The number of morpholine rings is 1. The molecule has 120 valence electrons. The van der Waals surface area contributed by atoms with Gasteiger partial charge in [0.25, 0.3) is 17.8 Å². The molecule has 3 heterocycles. The van der Waals surface area contributed by atoms with Crippen molar-refractivity contribution in [2.45, 2.75) is 13.0 Å². The number of hydrogen-bond donors (Lipinski definition) is 0. The Morgan fingerprint density at radius 1 is 1.23 bits per heavy atom. The molecule has 1 unspecified atom stereocenters. The van der Waals surface area contributed by atoms with Crippen molar-refractivity contribution >= 4 is 23.6 Å². The van der Waals surface area contributed by atoms with Crippen LogP contribution in [0.15, 0.2) is 4.99 Å². The van der Waals surface area contributed by atoms with Gasteiger partial charge in [-0.3, -0.25) is 19.5 Å². The number of ether oxygens (including phenoxy) is 1. The number of urea groups is 1. The lowest BCUT2D eigenvalue weighted by Gasteiger charge is -2.30. The Kier molecular flexibility index (Phi) is 3.96. The third-order valence-corrected chi connectivity index (χ3v) is 4.42. The number of fused-ring (bicyclic) bond motifs is 1. The number of nitrogens with zero attached hydrogens (tertiary/aromatic N) is 5. The zero-order valence-electron chi connectivity index (χ0n) is 13.3. The summed E-state index contributed by atoms with van der Waals surface area (Å²) in [5, 5.41) is 0. The number of imide groups is 1. The van der Waals surface area contributed by atoms with E-state index in [-0.39, 0.29) is 11.9 Å². The number of amides is 3. The van der Waals surface area contributed by atoms with Crippen molar-refractivity contribution in [3.8, 4) is 0 Å². The zero-order chi connectivity index (χ0) is 15.9. The van der Waals surface area contributed by atoms with Gasteiger partial charge in [-0.1, -0.05) is 0 Å². The molecule has 1 atom stereocenters. The second-order valence-corrected chi connectivity index (χ2v) is 5.70. The second kappa shape index (κ2) is 5.77. The van der Waals surface area contributed by atoms with Gasteiger partial charge in [0.1, 0.15) is 6.54 Å². The Morgan fingerprint density at radius 3 is 2.55 bits per heavy atom. The van der Waals surface area contributed by atoms with Crippen molar-refractivity contribution in [3.05, 3.63) is 0 Å². The largest absolute Gasteiger partial charge is 0.379 e. The van der Waals surface area contributed by atoms with Crippen molar-refractivity contribution in [1.82, 2.24) is 14.7 Å². The fourth-order valence-electron chi connectivity index (χ4n) is 3.10. The van der Waals surface area contributed by atoms with Gasteiger partial charge < -0.3 is 4.74 Å². The molecule has 22 heavy (non-hydrogen) atoms. The zero-order valence-corrected chi connectivity index (χ0v) is 13.3. The van der Waals surface area contributed by atoms with E-state index in [0.29, 0.717) is 18.9 Å². The molecule has 8 heteroatoms. The Balaban J connectivity index is 1.89. The van der Waals surface area contributed by atoms with Gasteiger partial charge in [-0.25, -0.2) is 9.37 Å². The van der Waals surface area contributed by atoms with E-state index in [0.717, 1.165) is 32.1 Å². The summed E-state index contributed by atoms with van der Waals surface area (Å²) in [6, 6.07) is -0.808. The predicted octanol–water partition coefficient (Wildman–Crippen LogP) is -0.946. The highest BCUT2D eigenvalue weighted by Crippen LogP contribution is 2.19. The molecule has 3 aliphatic heterocycles. The summed E-state index contributed by atoms with van der Waals surface area (Å²) in [5.41, 5.74) is 0. The smallest absolute Gasteiger partial charge is 0.333 e. The lowest BCUT2D eigenvalue weighted by Crippen LogP contribution is -2.61. The minimum atomic E-state index is -0.478. The summed E-state index contributed by atoms with van der Waals surface area (Å²) in [7, 11) is 3.19. The number of likely N-dealkylation sites (N-methyl/N-ethyl adjacent to an activating group) is 3. The topological polar surface area (TPSA) is 68.5 Å². The van der Waals surface area contributed by atoms with Gasteiger partial charge in [0, 0.05) is 27.2 Å². The van der Waals surface area contributed by atoms with Crippen molar-refractivity contribution in [2.75, 3.05) is 53.5 Å². The van der Waals surface area contributed by atoms with Crippen LogP contribution in [0.4, 0.5) is 4.79 Å². The van der Waals surface area contributed by atoms with Crippen LogP contribution in [0.2, 0.25) is 0 Å². The molecule has 0 aromatic carbocycles. The van der Waals surface area contributed by atoms with Gasteiger partial charge in [0.2, 0.25) is 0 Å². The Morgan fingerprint density at radius 2 is 1.91 bits per heavy atom. The van der Waals surface area contributed by atoms with Crippen LogP contribution in [0.5, 0.6) is 0 Å². The second-order valence-electron chi connectivity index (χ2n) is 5.70. The van der Waals surface area contributed by atoms with Gasteiger partial charge in [-0.05, 0) is 11.9 Å². The van der Waals surface area contributed by atoms with Crippen LogP contribution in [0.25, 0.3) is 0 Å². The molecular weight excluding hydrogens is 286 g/mol. The molecule has 0 bridgehead atoms. The molecule has 3 amide bonds. The van der Waals surface area contributed by atoms with E-state index in [2.05, 4.69) is 9.89 Å². The van der Waals surface area contributed by atoms with Crippen LogP contribution in [-0.4, -0.2) is 102 Å². The first kappa shape index (κ1) is 15.1. The molecule has 0 radical (unpaired) electrons. The number of aliphatic imine (C=N–C) groups is 1. The first-order valence-corrected chi connectivity index (χ1v) is 7.61. The molecular formula is C14H22N5O3+. The maximum atomic E-state index is 12.5. The average molecular weight is 308 g/mol. The third kappa shape index (κ3) is 2.32. The highest BCUT2D eigenvalue weighted by Gasteiger charge is 2.52. The quantitative estimate of drug-likeness (QED) is 0.631. The maximum absolute atomic E-state index is 12.5. The highest BCUT2D eigenvalue weighted by molar-refractivity contribution is 6.23. The molecule has 3 aliphatic rings. The first-order chi connectivity index (χ1) is 10.5. The van der Waals surface area contributed by atoms with Crippen molar-refractivity contribution in [2.24, 2.45) is 4.99 Å². The van der Waals surface area contributed by atoms with E-state index >= 15 is 0 Å². The number of carbonyl (C=O) groups is 2. The Hall–Kier alpha value is -1.80. The van der Waals surface area contributed by atoms with Crippen LogP contribution in [0.1, 0.15) is 6.92 Å². The molecule has 0 aliphatic carbocycles. The summed E-state index contributed by atoms with van der Waals surface area (Å²) in [5.74, 6) is 1.19. The van der Waals surface area contributed by atoms with Gasteiger partial charge >= 0.3 is 11.9 Å². The van der Waals surface area contributed by atoms with E-state index in [1.54, 1.807) is 7.05 Å². The SMILES string of the molecule is CC[N+]1=C(CN2CCOCC2)N=C2C1C(=O)N(C)C(=O)N2C. The van der Waals surface area contributed by atoms with Crippen LogP contribution in [0.3, 0.4) is 0 Å². The predicted molar refractivity (Wildman–Crippen MR) is 80.2 cm³/mol. The average Bonchev–Trinajstić information content (AvgIpc) is 2.90. The monoisotopic (exact) mass is 308 g/mol. The lowest BCUT2D eigenvalue weighted by molar-refractivity contribution is -0.532. The minimum absolute atomic E-state index is 0.208. The van der Waals surface area contributed by atoms with Gasteiger partial charge in [-0.2, -0.15) is 0 Å². The third-order valence-electron chi connectivity index (χ3n) is 4.42. The van der Waals surface area contributed by atoms with Gasteiger partial charge in [0.05, 0.1) is 19.8 Å². The Bertz CT molecular complexity index is 565. The van der Waals surface area contributed by atoms with E-state index in [4.69, 9.17) is 4.74 Å². The summed E-state index contributed by atoms with van der Waals surface area (Å²) >= 11 is 0. The highest BCUT2D eigenvalue weighted by atomic mass is 16.5. The van der Waals surface area contributed by atoms with Gasteiger partial charge in [-0.15, -0.1) is 0 Å². The molecule has 0 spiro atoms. The summed E-state index contributed by atoms with van der Waals surface area (Å²) in [4.78, 5) is 34.1. The molecule has 0 N–H and O–H groups in total. The molecule has 3 rings (SSSR count). The Labute approximate surface area is 129 Å². The van der Waals surface area contributed by atoms with E-state index in [1.165, 1.54) is 16.8 Å². The van der Waals surface area contributed by atoms with E-state index < -0.39 is 6.04 Å². The number of carbonyl (C=O) groups excluding carboxylic acids is 2. The standard InChI is InChI=1S/C14H22N5O3/c1-4-19-10(9-18-5-7-22-8-6-18)15-12-11(19)13(20)17(3)14(21)16(12)2/h11H,4-9H2,1-3H3/q+1. The fourth-order valence-corrected chi connectivity index (χ4v) is 3.10. The molecule has 8 nitrogen and oxygen atoms in total. The summed E-state index contributed by atoms with van der Waals surface area (Å²) in [6.45, 7) is 6.52.